The highest BCUT2D eigenvalue weighted by Gasteiger charge is 2.10. The first-order valence-corrected chi connectivity index (χ1v) is 7.48. The Morgan fingerprint density at radius 3 is 2.72 bits per heavy atom. The van der Waals surface area contributed by atoms with Gasteiger partial charge in [-0.15, -0.1) is 6.58 Å². The van der Waals surface area contributed by atoms with Gasteiger partial charge in [-0.3, -0.25) is 14.9 Å². The van der Waals surface area contributed by atoms with Crippen molar-refractivity contribution in [2.24, 2.45) is 5.10 Å². The number of hydrogen-bond acceptors (Lipinski definition) is 5. The summed E-state index contributed by atoms with van der Waals surface area (Å²) in [7, 11) is 0. The number of hydrazone groups is 1. The van der Waals surface area contributed by atoms with Gasteiger partial charge >= 0.3 is 0 Å². The van der Waals surface area contributed by atoms with Crippen molar-refractivity contribution in [2.45, 2.75) is 6.42 Å². The molecule has 128 valence electrons. The predicted octanol–water partition coefficient (Wildman–Crippen LogP) is 2.85. The molecule has 2 aromatic rings. The summed E-state index contributed by atoms with van der Waals surface area (Å²) in [5.41, 5.74) is 3.41. The Morgan fingerprint density at radius 2 is 1.96 bits per heavy atom. The molecule has 0 aliphatic heterocycles. The maximum atomic E-state index is 11.8. The van der Waals surface area contributed by atoms with E-state index in [-0.39, 0.29) is 12.3 Å². The summed E-state index contributed by atoms with van der Waals surface area (Å²) in [4.78, 5) is 22.2. The van der Waals surface area contributed by atoms with Crippen molar-refractivity contribution in [3.05, 3.63) is 82.4 Å². The fraction of sp³-hybridized carbons (Fsp3) is 0.111. The molecule has 0 aromatic heterocycles. The maximum absolute atomic E-state index is 11.8. The van der Waals surface area contributed by atoms with E-state index in [1.54, 1.807) is 24.3 Å². The Hall–Kier alpha value is -3.48. The molecule has 7 nitrogen and oxygen atoms in total. The molecule has 0 saturated heterocycles. The smallest absolute Gasteiger partial charge is 0.278 e. The molecule has 0 spiro atoms. The Bertz CT molecular complexity index is 802. The standard InChI is InChI=1S/C18H17N3O4/c1-2-7-14-8-4-6-11-17(14)25-13-18(22)20-19-12-15-9-3-5-10-16(15)21(23)24/h2-6,8-12H,1,7,13H2,(H,20,22)/b19-12+. The first-order valence-electron chi connectivity index (χ1n) is 7.48. The average molecular weight is 339 g/mol. The zero-order chi connectivity index (χ0) is 18.1. The van der Waals surface area contributed by atoms with E-state index >= 15 is 0 Å². The van der Waals surface area contributed by atoms with Gasteiger partial charge in [0.25, 0.3) is 11.6 Å². The van der Waals surface area contributed by atoms with E-state index in [0.717, 1.165) is 5.56 Å². The van der Waals surface area contributed by atoms with Crippen LogP contribution in [-0.2, 0) is 11.2 Å². The highest BCUT2D eigenvalue weighted by Crippen LogP contribution is 2.18. The van der Waals surface area contributed by atoms with Gasteiger partial charge in [-0.1, -0.05) is 36.4 Å². The molecule has 0 unspecified atom stereocenters. The Labute approximate surface area is 144 Å². The highest BCUT2D eigenvalue weighted by atomic mass is 16.6. The van der Waals surface area contributed by atoms with Crippen molar-refractivity contribution in [3.8, 4) is 5.75 Å². The normalized spacial score (nSPS) is 10.4. The molecule has 2 aromatic carbocycles. The van der Waals surface area contributed by atoms with Gasteiger partial charge in [-0.2, -0.15) is 5.10 Å². The van der Waals surface area contributed by atoms with Crippen LogP contribution in [0, 0.1) is 10.1 Å². The number of ether oxygens (including phenoxy) is 1. The van der Waals surface area contributed by atoms with E-state index in [1.165, 1.54) is 18.3 Å². The lowest BCUT2D eigenvalue weighted by molar-refractivity contribution is -0.385. The van der Waals surface area contributed by atoms with Crippen LogP contribution in [0.3, 0.4) is 0 Å². The summed E-state index contributed by atoms with van der Waals surface area (Å²) in [6.07, 6.45) is 3.61. The minimum atomic E-state index is -0.511. The molecule has 7 heteroatoms. The van der Waals surface area contributed by atoms with Gasteiger partial charge in [0, 0.05) is 6.07 Å². The molecule has 1 amide bonds. The van der Waals surface area contributed by atoms with Crippen LogP contribution in [0.1, 0.15) is 11.1 Å². The number of allylic oxidation sites excluding steroid dienone is 1. The molecular formula is C18H17N3O4. The van der Waals surface area contributed by atoms with Crippen LogP contribution in [0.4, 0.5) is 5.69 Å². The first-order chi connectivity index (χ1) is 12.1. The number of nitro groups is 1. The summed E-state index contributed by atoms with van der Waals surface area (Å²) in [5, 5.41) is 14.6. The predicted molar refractivity (Wildman–Crippen MR) is 94.7 cm³/mol. The lowest BCUT2D eigenvalue weighted by Crippen LogP contribution is -2.24. The topological polar surface area (TPSA) is 93.8 Å². The first kappa shape index (κ1) is 17.9. The number of carbonyl (C=O) groups is 1. The Kier molecular flexibility index (Phi) is 6.41. The van der Waals surface area contributed by atoms with Gasteiger partial charge in [0.05, 0.1) is 16.7 Å². The summed E-state index contributed by atoms with van der Waals surface area (Å²) in [5.74, 6) is 0.128. The van der Waals surface area contributed by atoms with Gasteiger partial charge in [0.15, 0.2) is 6.61 Å². The van der Waals surface area contributed by atoms with Gasteiger partial charge in [0.1, 0.15) is 5.75 Å². The molecule has 0 saturated carbocycles. The average Bonchev–Trinajstić information content (AvgIpc) is 2.61. The molecule has 0 fully saturated rings. The fourth-order valence-electron chi connectivity index (χ4n) is 2.08. The lowest BCUT2D eigenvalue weighted by Gasteiger charge is -2.09. The second-order valence-electron chi connectivity index (χ2n) is 5.00. The summed E-state index contributed by atoms with van der Waals surface area (Å²) >= 11 is 0. The molecule has 0 atom stereocenters. The third kappa shape index (κ3) is 5.28. The largest absolute Gasteiger partial charge is 0.483 e. The molecule has 0 radical (unpaired) electrons. The third-order valence-electron chi connectivity index (χ3n) is 3.22. The van der Waals surface area contributed by atoms with Gasteiger partial charge in [0.2, 0.25) is 0 Å². The molecule has 0 heterocycles. The minimum absolute atomic E-state index is 0.0879. The summed E-state index contributed by atoms with van der Waals surface area (Å²) in [6.45, 7) is 3.46. The Morgan fingerprint density at radius 1 is 1.24 bits per heavy atom. The minimum Gasteiger partial charge on any atom is -0.483 e. The number of amides is 1. The fourth-order valence-corrected chi connectivity index (χ4v) is 2.08. The maximum Gasteiger partial charge on any atom is 0.278 e. The van der Waals surface area contributed by atoms with E-state index in [0.29, 0.717) is 17.7 Å². The second kappa shape index (κ2) is 8.97. The van der Waals surface area contributed by atoms with Crippen LogP contribution >= 0.6 is 0 Å². The lowest BCUT2D eigenvalue weighted by atomic mass is 10.1. The number of nitro benzene ring substituents is 1. The number of carbonyl (C=O) groups excluding carboxylic acids is 1. The van der Waals surface area contributed by atoms with E-state index < -0.39 is 10.8 Å². The zero-order valence-corrected chi connectivity index (χ0v) is 13.4. The Balaban J connectivity index is 1.91. The van der Waals surface area contributed by atoms with Crippen LogP contribution in [-0.4, -0.2) is 23.7 Å². The van der Waals surface area contributed by atoms with E-state index in [1.807, 2.05) is 18.2 Å². The van der Waals surface area contributed by atoms with Crippen LogP contribution in [0.15, 0.2) is 66.3 Å². The number of rotatable bonds is 8. The van der Waals surface area contributed by atoms with Crippen molar-refractivity contribution < 1.29 is 14.5 Å². The monoisotopic (exact) mass is 339 g/mol. The number of nitrogens with zero attached hydrogens (tertiary/aromatic N) is 2. The van der Waals surface area contributed by atoms with Gasteiger partial charge < -0.3 is 4.74 Å². The van der Waals surface area contributed by atoms with Crippen LogP contribution in [0.5, 0.6) is 5.75 Å². The van der Waals surface area contributed by atoms with Crippen molar-refractivity contribution in [1.82, 2.24) is 5.43 Å². The molecule has 25 heavy (non-hydrogen) atoms. The number of nitrogens with one attached hydrogen (secondary N) is 1. The molecule has 2 rings (SSSR count). The molecular weight excluding hydrogens is 322 g/mol. The van der Waals surface area contributed by atoms with Crippen molar-refractivity contribution in [3.63, 3.8) is 0 Å². The van der Waals surface area contributed by atoms with Crippen LogP contribution < -0.4 is 10.2 Å². The second-order valence-corrected chi connectivity index (χ2v) is 5.00. The van der Waals surface area contributed by atoms with E-state index in [2.05, 4.69) is 17.1 Å². The van der Waals surface area contributed by atoms with E-state index in [4.69, 9.17) is 4.74 Å². The molecule has 0 aliphatic carbocycles. The molecule has 1 N–H and O–H groups in total. The van der Waals surface area contributed by atoms with E-state index in [9.17, 15) is 14.9 Å². The zero-order valence-electron chi connectivity index (χ0n) is 13.4. The van der Waals surface area contributed by atoms with Crippen molar-refractivity contribution >= 4 is 17.8 Å². The third-order valence-corrected chi connectivity index (χ3v) is 3.22. The molecule has 0 aliphatic rings. The van der Waals surface area contributed by atoms with Gasteiger partial charge in [-0.05, 0) is 24.1 Å². The van der Waals surface area contributed by atoms with Crippen molar-refractivity contribution in [1.29, 1.82) is 0 Å². The SMILES string of the molecule is C=CCc1ccccc1OCC(=O)N/N=C/c1ccccc1[N+](=O)[O-]. The number of hydrogen-bond donors (Lipinski definition) is 1. The van der Waals surface area contributed by atoms with Crippen LogP contribution in [0.25, 0.3) is 0 Å². The van der Waals surface area contributed by atoms with Crippen molar-refractivity contribution in [2.75, 3.05) is 6.61 Å². The summed E-state index contributed by atoms with van der Waals surface area (Å²) in [6, 6.07) is 13.5. The highest BCUT2D eigenvalue weighted by molar-refractivity contribution is 5.86. The summed E-state index contributed by atoms with van der Waals surface area (Å²) < 4.78 is 5.47. The van der Waals surface area contributed by atoms with Crippen LogP contribution in [0.2, 0.25) is 0 Å². The number of para-hydroxylation sites is 2. The van der Waals surface area contributed by atoms with Gasteiger partial charge in [-0.25, -0.2) is 5.43 Å². The quantitative estimate of drug-likeness (QED) is 0.346. The number of benzene rings is 2. The molecule has 0 bridgehead atoms.